The van der Waals surface area contributed by atoms with Crippen LogP contribution in [0, 0.1) is 11.7 Å². The molecule has 0 saturated heterocycles. The highest BCUT2D eigenvalue weighted by atomic mass is 79.9. The summed E-state index contributed by atoms with van der Waals surface area (Å²) < 4.78 is 48.8. The Kier molecular flexibility index (Phi) is 11.9. The lowest BCUT2D eigenvalue weighted by molar-refractivity contribution is -0.140. The van der Waals surface area contributed by atoms with Gasteiger partial charge in [-0.1, -0.05) is 48.8 Å². The minimum Gasteiger partial charge on any atom is -0.494 e. The summed E-state index contributed by atoms with van der Waals surface area (Å²) in [5.41, 5.74) is 0.858. The van der Waals surface area contributed by atoms with Crippen LogP contribution in [-0.4, -0.2) is 50.9 Å². The van der Waals surface area contributed by atoms with Gasteiger partial charge in [-0.2, -0.15) is 0 Å². The molecule has 0 saturated carbocycles. The largest absolute Gasteiger partial charge is 0.494 e. The van der Waals surface area contributed by atoms with Crippen molar-refractivity contribution in [1.82, 2.24) is 10.2 Å². The maximum absolute atomic E-state index is 14.1. The van der Waals surface area contributed by atoms with Crippen LogP contribution in [0.25, 0.3) is 0 Å². The van der Waals surface area contributed by atoms with E-state index in [2.05, 4.69) is 21.2 Å². The van der Waals surface area contributed by atoms with Crippen molar-refractivity contribution in [3.8, 4) is 5.75 Å². The Morgan fingerprint density at radius 2 is 1.57 bits per heavy atom. The molecule has 3 aromatic carbocycles. The molecule has 0 aliphatic heterocycles. The summed E-state index contributed by atoms with van der Waals surface area (Å²) in [5.74, 6) is -0.607. The molecular formula is C31H37BrFN3O5S. The molecule has 42 heavy (non-hydrogen) atoms. The van der Waals surface area contributed by atoms with Crippen LogP contribution in [-0.2, 0) is 26.2 Å². The van der Waals surface area contributed by atoms with Crippen molar-refractivity contribution in [3.63, 3.8) is 0 Å². The summed E-state index contributed by atoms with van der Waals surface area (Å²) in [7, 11) is -4.20. The summed E-state index contributed by atoms with van der Waals surface area (Å²) in [5, 5.41) is 2.88. The number of amides is 2. The molecule has 2 amide bonds. The first kappa shape index (κ1) is 33.1. The highest BCUT2D eigenvalue weighted by molar-refractivity contribution is 9.10. The molecule has 0 unspecified atom stereocenters. The molecule has 0 spiro atoms. The zero-order valence-corrected chi connectivity index (χ0v) is 26.6. The summed E-state index contributed by atoms with van der Waals surface area (Å²) in [6.45, 7) is 7.83. The summed E-state index contributed by atoms with van der Waals surface area (Å²) in [4.78, 5) is 28.7. The average Bonchev–Trinajstić information content (AvgIpc) is 2.96. The number of hydrogen-bond donors (Lipinski definition) is 1. The number of ether oxygens (including phenoxy) is 1. The lowest BCUT2D eigenvalue weighted by Gasteiger charge is -2.33. The van der Waals surface area contributed by atoms with Gasteiger partial charge in [0.1, 0.15) is 24.2 Å². The van der Waals surface area contributed by atoms with E-state index in [1.54, 1.807) is 43.3 Å². The Morgan fingerprint density at radius 1 is 0.952 bits per heavy atom. The third-order valence-corrected chi connectivity index (χ3v) is 8.77. The van der Waals surface area contributed by atoms with Gasteiger partial charge in [0.05, 0.1) is 17.2 Å². The zero-order chi connectivity index (χ0) is 30.9. The summed E-state index contributed by atoms with van der Waals surface area (Å²) in [6.07, 6.45) is 0.291. The number of sulfonamides is 1. The monoisotopic (exact) mass is 661 g/mol. The van der Waals surface area contributed by atoms with E-state index in [1.807, 2.05) is 20.8 Å². The SMILES string of the molecule is CCOc1ccc(N(CC(=O)N(Cc2ccc(F)cc2)[C@H](CC)C(=O)NCC(C)C)S(=O)(=O)c2ccc(Br)cc2)cc1. The number of carbonyl (C=O) groups excluding carboxylic acids is 2. The zero-order valence-electron chi connectivity index (χ0n) is 24.2. The molecule has 3 rings (SSSR count). The van der Waals surface area contributed by atoms with Crippen LogP contribution in [0.1, 0.15) is 39.7 Å². The second-order valence-corrected chi connectivity index (χ2v) is 12.9. The van der Waals surface area contributed by atoms with Gasteiger partial charge in [-0.05, 0) is 85.5 Å². The Labute approximate surface area is 256 Å². The first-order valence-electron chi connectivity index (χ1n) is 13.8. The predicted octanol–water partition coefficient (Wildman–Crippen LogP) is 5.76. The van der Waals surface area contributed by atoms with Crippen LogP contribution in [0.15, 0.2) is 82.2 Å². The first-order chi connectivity index (χ1) is 20.0. The van der Waals surface area contributed by atoms with E-state index >= 15 is 0 Å². The van der Waals surface area contributed by atoms with Gasteiger partial charge in [-0.25, -0.2) is 12.8 Å². The Morgan fingerprint density at radius 3 is 2.12 bits per heavy atom. The van der Waals surface area contributed by atoms with Crippen molar-refractivity contribution in [1.29, 1.82) is 0 Å². The maximum atomic E-state index is 14.1. The number of nitrogens with one attached hydrogen (secondary N) is 1. The van der Waals surface area contributed by atoms with E-state index < -0.39 is 34.3 Å². The van der Waals surface area contributed by atoms with Gasteiger partial charge in [-0.15, -0.1) is 0 Å². The molecule has 0 heterocycles. The van der Waals surface area contributed by atoms with Crippen LogP contribution >= 0.6 is 15.9 Å². The predicted molar refractivity (Wildman–Crippen MR) is 165 cm³/mol. The Hall–Kier alpha value is -3.44. The molecular weight excluding hydrogens is 625 g/mol. The van der Waals surface area contributed by atoms with Crippen molar-refractivity contribution in [2.75, 3.05) is 24.0 Å². The van der Waals surface area contributed by atoms with Gasteiger partial charge >= 0.3 is 0 Å². The number of halogens is 2. The minimum atomic E-state index is -4.20. The van der Waals surface area contributed by atoms with Gasteiger partial charge < -0.3 is 15.0 Å². The Bertz CT molecular complexity index is 1430. The molecule has 1 atom stereocenters. The van der Waals surface area contributed by atoms with Gasteiger partial charge in [0.25, 0.3) is 10.0 Å². The second kappa shape index (κ2) is 15.2. The molecule has 0 aromatic heterocycles. The average molecular weight is 663 g/mol. The van der Waals surface area contributed by atoms with Gasteiger partial charge in [0, 0.05) is 17.6 Å². The molecule has 226 valence electrons. The standard InChI is InChI=1S/C31H37BrFN3O5S/c1-5-29(31(38)34-19-22(3)4)35(20-23-7-11-25(33)12-8-23)30(37)21-36(26-13-15-27(16-14-26)41-6-2)42(39,40)28-17-9-24(32)10-18-28/h7-18,22,29H,5-6,19-21H2,1-4H3,(H,34,38)/t29-/m1/s1. The van der Waals surface area contributed by atoms with Crippen molar-refractivity contribution in [2.45, 2.75) is 51.6 Å². The van der Waals surface area contributed by atoms with E-state index in [4.69, 9.17) is 4.74 Å². The fourth-order valence-electron chi connectivity index (χ4n) is 4.27. The van der Waals surface area contributed by atoms with Gasteiger partial charge in [0.15, 0.2) is 0 Å². The Balaban J connectivity index is 2.04. The van der Waals surface area contributed by atoms with Crippen LogP contribution in [0.2, 0.25) is 0 Å². The van der Waals surface area contributed by atoms with E-state index in [-0.39, 0.29) is 29.0 Å². The second-order valence-electron chi connectivity index (χ2n) is 10.1. The number of benzene rings is 3. The normalized spacial score (nSPS) is 12.1. The first-order valence-corrected chi connectivity index (χ1v) is 16.0. The molecule has 11 heteroatoms. The number of nitrogens with zero attached hydrogens (tertiary/aromatic N) is 2. The molecule has 0 bridgehead atoms. The lowest BCUT2D eigenvalue weighted by Crippen LogP contribution is -2.52. The molecule has 1 N–H and O–H groups in total. The number of hydrogen-bond acceptors (Lipinski definition) is 5. The molecule has 8 nitrogen and oxygen atoms in total. The molecule has 0 radical (unpaired) electrons. The minimum absolute atomic E-state index is 0.000753. The number of carbonyl (C=O) groups is 2. The van der Waals surface area contributed by atoms with E-state index in [9.17, 15) is 22.4 Å². The molecule has 0 aliphatic carbocycles. The summed E-state index contributed by atoms with van der Waals surface area (Å²) in [6, 6.07) is 17.3. The third-order valence-electron chi connectivity index (χ3n) is 6.45. The van der Waals surface area contributed by atoms with Gasteiger partial charge in [-0.3, -0.25) is 13.9 Å². The molecule has 0 fully saturated rings. The lowest BCUT2D eigenvalue weighted by atomic mass is 10.1. The van der Waals surface area contributed by atoms with Crippen molar-refractivity contribution < 1.29 is 27.1 Å². The summed E-state index contributed by atoms with van der Waals surface area (Å²) >= 11 is 3.33. The number of anilines is 1. The smallest absolute Gasteiger partial charge is 0.264 e. The van der Waals surface area contributed by atoms with Crippen LogP contribution in [0.3, 0.4) is 0 Å². The molecule has 0 aliphatic rings. The fraction of sp³-hybridized carbons (Fsp3) is 0.355. The van der Waals surface area contributed by atoms with Gasteiger partial charge in [0.2, 0.25) is 11.8 Å². The van der Waals surface area contributed by atoms with E-state index in [0.717, 1.165) is 4.31 Å². The van der Waals surface area contributed by atoms with Crippen LogP contribution in [0.4, 0.5) is 10.1 Å². The topological polar surface area (TPSA) is 96.0 Å². The van der Waals surface area contributed by atoms with Crippen molar-refractivity contribution >= 4 is 43.5 Å². The van der Waals surface area contributed by atoms with E-state index in [0.29, 0.717) is 35.4 Å². The quantitative estimate of drug-likeness (QED) is 0.237. The highest BCUT2D eigenvalue weighted by Crippen LogP contribution is 2.27. The van der Waals surface area contributed by atoms with Crippen LogP contribution < -0.4 is 14.4 Å². The number of rotatable bonds is 14. The fourth-order valence-corrected chi connectivity index (χ4v) is 5.94. The van der Waals surface area contributed by atoms with Crippen molar-refractivity contribution in [2.24, 2.45) is 5.92 Å². The maximum Gasteiger partial charge on any atom is 0.264 e. The van der Waals surface area contributed by atoms with E-state index in [1.165, 1.54) is 41.3 Å². The van der Waals surface area contributed by atoms with Crippen LogP contribution in [0.5, 0.6) is 5.75 Å². The third kappa shape index (κ3) is 8.78. The highest BCUT2D eigenvalue weighted by Gasteiger charge is 2.33. The molecule has 3 aromatic rings. The van der Waals surface area contributed by atoms with Crippen molar-refractivity contribution in [3.05, 3.63) is 88.6 Å².